The Labute approximate surface area is 134 Å². The summed E-state index contributed by atoms with van der Waals surface area (Å²) < 4.78 is 2.84. The van der Waals surface area contributed by atoms with Gasteiger partial charge in [0.15, 0.2) is 15.3 Å². The normalized spacial score (nSPS) is 11.0. The van der Waals surface area contributed by atoms with E-state index in [0.717, 1.165) is 26.4 Å². The predicted octanol–water partition coefficient (Wildman–Crippen LogP) is 3.38. The Morgan fingerprint density at radius 1 is 1.38 bits per heavy atom. The summed E-state index contributed by atoms with van der Waals surface area (Å²) >= 11 is 4.43. The summed E-state index contributed by atoms with van der Waals surface area (Å²) in [6.07, 6.45) is 1.77. The van der Waals surface area contributed by atoms with Gasteiger partial charge in [-0.05, 0) is 19.9 Å². The van der Waals surface area contributed by atoms with Gasteiger partial charge < -0.3 is 0 Å². The van der Waals surface area contributed by atoms with Crippen LogP contribution in [0.25, 0.3) is 5.13 Å². The van der Waals surface area contributed by atoms with Crippen LogP contribution >= 0.6 is 34.4 Å². The van der Waals surface area contributed by atoms with Crippen molar-refractivity contribution in [1.29, 1.82) is 0 Å². The van der Waals surface area contributed by atoms with Crippen LogP contribution in [-0.2, 0) is 0 Å². The molecule has 108 valence electrons. The minimum atomic E-state index is 0.103. The summed E-state index contributed by atoms with van der Waals surface area (Å²) in [5.74, 6) is 0.475. The Kier molecular flexibility index (Phi) is 4.18. The number of hydrogen-bond acceptors (Lipinski definition) is 7. The molecule has 0 aliphatic carbocycles. The number of carbonyl (C=O) groups excluding carboxylic acids is 1. The van der Waals surface area contributed by atoms with Crippen LogP contribution in [0, 0.1) is 13.8 Å². The number of rotatable bonds is 5. The molecule has 0 radical (unpaired) electrons. The van der Waals surface area contributed by atoms with Gasteiger partial charge in [-0.1, -0.05) is 23.1 Å². The van der Waals surface area contributed by atoms with Crippen molar-refractivity contribution >= 4 is 40.2 Å². The molecule has 5 nitrogen and oxygen atoms in total. The number of hydrogen-bond donors (Lipinski definition) is 0. The molecule has 0 aromatic carbocycles. The van der Waals surface area contributed by atoms with Crippen molar-refractivity contribution < 1.29 is 4.79 Å². The molecule has 0 saturated carbocycles. The van der Waals surface area contributed by atoms with Crippen molar-refractivity contribution in [1.82, 2.24) is 19.7 Å². The van der Waals surface area contributed by atoms with Gasteiger partial charge in [0.05, 0.1) is 5.75 Å². The van der Waals surface area contributed by atoms with Crippen LogP contribution in [0.15, 0.2) is 27.5 Å². The van der Waals surface area contributed by atoms with Gasteiger partial charge >= 0.3 is 0 Å². The molecule has 3 heterocycles. The fraction of sp³-hybridized carbons (Fsp3) is 0.231. The average Bonchev–Trinajstić information content (AvgIpc) is 3.18. The van der Waals surface area contributed by atoms with Crippen LogP contribution in [0.5, 0.6) is 0 Å². The Bertz CT molecular complexity index is 747. The molecule has 3 aromatic rings. The molecule has 0 aliphatic heterocycles. The number of Topliss-reactive ketones (excluding diaryl/α,β-unsaturated/α-hetero) is 1. The first kappa shape index (κ1) is 14.4. The summed E-state index contributed by atoms with van der Waals surface area (Å²) in [6.45, 7) is 3.94. The van der Waals surface area contributed by atoms with E-state index < -0.39 is 0 Å². The quantitative estimate of drug-likeness (QED) is 0.528. The highest BCUT2D eigenvalue weighted by Gasteiger charge is 2.18. The number of aryl methyl sites for hydroxylation is 1. The summed E-state index contributed by atoms with van der Waals surface area (Å²) in [4.78, 5) is 16.7. The van der Waals surface area contributed by atoms with Crippen LogP contribution in [0.3, 0.4) is 0 Å². The van der Waals surface area contributed by atoms with E-state index in [-0.39, 0.29) is 5.78 Å². The lowest BCUT2D eigenvalue weighted by molar-refractivity contribution is 0.102. The lowest BCUT2D eigenvalue weighted by Gasteiger charge is -2.05. The summed E-state index contributed by atoms with van der Waals surface area (Å²) in [5, 5.41) is 10.5. The van der Waals surface area contributed by atoms with Crippen LogP contribution in [0.4, 0.5) is 0 Å². The largest absolute Gasteiger partial charge is 0.294 e. The Hall–Kier alpha value is -1.51. The molecule has 0 unspecified atom stereocenters. The molecule has 21 heavy (non-hydrogen) atoms. The number of ketones is 1. The first-order valence-electron chi connectivity index (χ1n) is 6.18. The van der Waals surface area contributed by atoms with Crippen molar-refractivity contribution in [2.24, 2.45) is 0 Å². The van der Waals surface area contributed by atoms with Crippen LogP contribution in [0.1, 0.15) is 21.7 Å². The minimum absolute atomic E-state index is 0.103. The zero-order valence-electron chi connectivity index (χ0n) is 11.4. The number of thiazole rings is 1. The molecule has 0 amide bonds. The van der Waals surface area contributed by atoms with Crippen molar-refractivity contribution in [2.75, 3.05) is 5.75 Å². The molecule has 3 aromatic heterocycles. The minimum Gasteiger partial charge on any atom is -0.294 e. The van der Waals surface area contributed by atoms with E-state index in [0.29, 0.717) is 5.75 Å². The Morgan fingerprint density at radius 3 is 2.90 bits per heavy atom. The van der Waals surface area contributed by atoms with Gasteiger partial charge in [-0.25, -0.2) is 4.98 Å². The van der Waals surface area contributed by atoms with Gasteiger partial charge in [-0.3, -0.25) is 9.36 Å². The number of thioether (sulfide) groups is 1. The first-order chi connectivity index (χ1) is 10.2. The van der Waals surface area contributed by atoms with Gasteiger partial charge in [0.1, 0.15) is 5.51 Å². The van der Waals surface area contributed by atoms with Gasteiger partial charge in [0, 0.05) is 28.5 Å². The summed E-state index contributed by atoms with van der Waals surface area (Å²) in [6, 6.07) is 1.93. The molecular formula is C13H12N4OS3. The SMILES string of the molecule is Cc1cc(C(=O)CSc2nncs2)c(C)n1-c1nccs1. The monoisotopic (exact) mass is 336 g/mol. The van der Waals surface area contributed by atoms with E-state index in [1.807, 2.05) is 29.9 Å². The second kappa shape index (κ2) is 6.08. The third-order valence-electron chi connectivity index (χ3n) is 3.01. The number of carbonyl (C=O) groups is 1. The molecule has 3 rings (SSSR count). The van der Waals surface area contributed by atoms with E-state index in [1.54, 1.807) is 23.0 Å². The zero-order chi connectivity index (χ0) is 14.8. The van der Waals surface area contributed by atoms with Crippen LogP contribution < -0.4 is 0 Å². The smallest absolute Gasteiger partial charge is 0.193 e. The average molecular weight is 336 g/mol. The van der Waals surface area contributed by atoms with Gasteiger partial charge in [0.25, 0.3) is 0 Å². The predicted molar refractivity (Wildman–Crippen MR) is 85.9 cm³/mol. The zero-order valence-corrected chi connectivity index (χ0v) is 13.9. The van der Waals surface area contributed by atoms with Crippen molar-refractivity contribution in [3.05, 3.63) is 40.1 Å². The molecule has 0 spiro atoms. The summed E-state index contributed by atoms with van der Waals surface area (Å²) in [7, 11) is 0. The fourth-order valence-corrected chi connectivity index (χ4v) is 4.22. The molecule has 0 saturated heterocycles. The van der Waals surface area contributed by atoms with Crippen LogP contribution in [0.2, 0.25) is 0 Å². The lowest BCUT2D eigenvalue weighted by atomic mass is 10.2. The lowest BCUT2D eigenvalue weighted by Crippen LogP contribution is -2.05. The van der Waals surface area contributed by atoms with E-state index in [1.165, 1.54) is 23.1 Å². The topological polar surface area (TPSA) is 60.7 Å². The molecular weight excluding hydrogens is 324 g/mol. The van der Waals surface area contributed by atoms with Crippen molar-refractivity contribution in [3.63, 3.8) is 0 Å². The van der Waals surface area contributed by atoms with Crippen molar-refractivity contribution in [3.8, 4) is 5.13 Å². The number of nitrogens with zero attached hydrogens (tertiary/aromatic N) is 4. The third-order valence-corrected chi connectivity index (χ3v) is 5.63. The fourth-order valence-electron chi connectivity index (χ4n) is 2.10. The van der Waals surface area contributed by atoms with E-state index >= 15 is 0 Å². The van der Waals surface area contributed by atoms with Gasteiger partial charge in [0.2, 0.25) is 0 Å². The van der Waals surface area contributed by atoms with E-state index in [4.69, 9.17) is 0 Å². The standard InChI is InChI=1S/C13H12N4OS3/c1-8-5-10(9(2)17(8)12-14-3-4-19-12)11(18)6-20-13-16-15-7-21-13/h3-5,7H,6H2,1-2H3. The maximum atomic E-state index is 12.4. The maximum absolute atomic E-state index is 12.4. The van der Waals surface area contributed by atoms with Gasteiger partial charge in [-0.15, -0.1) is 21.5 Å². The highest BCUT2D eigenvalue weighted by atomic mass is 32.2. The van der Waals surface area contributed by atoms with Crippen molar-refractivity contribution in [2.45, 2.75) is 18.2 Å². The molecule has 0 aliphatic rings. The second-order valence-corrected chi connectivity index (χ2v) is 7.28. The molecule has 0 fully saturated rings. The van der Waals surface area contributed by atoms with E-state index in [2.05, 4.69) is 15.2 Å². The molecule has 0 bridgehead atoms. The first-order valence-corrected chi connectivity index (χ1v) is 8.92. The highest BCUT2D eigenvalue weighted by Crippen LogP contribution is 2.25. The maximum Gasteiger partial charge on any atom is 0.193 e. The Balaban J connectivity index is 1.82. The number of aromatic nitrogens is 4. The molecule has 0 N–H and O–H groups in total. The molecule has 8 heteroatoms. The summed E-state index contributed by atoms with van der Waals surface area (Å²) in [5.41, 5.74) is 4.37. The van der Waals surface area contributed by atoms with E-state index in [9.17, 15) is 4.79 Å². The van der Waals surface area contributed by atoms with Gasteiger partial charge in [-0.2, -0.15) is 0 Å². The highest BCUT2D eigenvalue weighted by molar-refractivity contribution is 8.01. The third kappa shape index (κ3) is 2.92. The Morgan fingerprint density at radius 2 is 2.24 bits per heavy atom. The van der Waals surface area contributed by atoms with Crippen LogP contribution in [-0.4, -0.2) is 31.3 Å². The molecule has 0 atom stereocenters. The second-order valence-electron chi connectivity index (χ2n) is 4.35.